The Balaban J connectivity index is 2.05. The molecule has 3 rings (SSSR count). The first kappa shape index (κ1) is 20.6. The molecule has 2 aromatic rings. The number of benzene rings is 2. The molecule has 28 heavy (non-hydrogen) atoms. The van der Waals surface area contributed by atoms with Crippen molar-refractivity contribution in [2.45, 2.75) is 61.8 Å². The third-order valence-electron chi connectivity index (χ3n) is 5.12. The highest BCUT2D eigenvalue weighted by Gasteiger charge is 2.41. The molecule has 0 aromatic heterocycles. The number of hydrogen-bond donors (Lipinski definition) is 1. The fourth-order valence-corrected chi connectivity index (χ4v) is 4.40. The lowest BCUT2D eigenvalue weighted by Gasteiger charge is -2.20. The maximum Gasteiger partial charge on any atom is 0.143 e. The number of hydrogen-bond acceptors (Lipinski definition) is 4. The Bertz CT molecular complexity index is 919. The molecule has 0 amide bonds. The van der Waals surface area contributed by atoms with Crippen molar-refractivity contribution in [2.24, 2.45) is 0 Å². The van der Waals surface area contributed by atoms with Crippen molar-refractivity contribution in [3.63, 3.8) is 0 Å². The van der Waals surface area contributed by atoms with Crippen LogP contribution >= 0.6 is 11.8 Å². The number of nitrogen functional groups attached to an aromatic ring is 1. The van der Waals surface area contributed by atoms with E-state index in [0.717, 1.165) is 33.8 Å². The van der Waals surface area contributed by atoms with Crippen LogP contribution in [0.25, 0.3) is 5.76 Å². The second-order valence-corrected chi connectivity index (χ2v) is 9.02. The van der Waals surface area contributed by atoms with Crippen molar-refractivity contribution < 1.29 is 13.9 Å². The minimum Gasteiger partial charge on any atom is -0.495 e. The van der Waals surface area contributed by atoms with Crippen molar-refractivity contribution in [1.29, 1.82) is 0 Å². The van der Waals surface area contributed by atoms with E-state index in [-0.39, 0.29) is 17.3 Å². The summed E-state index contributed by atoms with van der Waals surface area (Å²) in [5, 5.41) is 0. The van der Waals surface area contributed by atoms with E-state index >= 15 is 0 Å². The molecule has 1 aliphatic carbocycles. The summed E-state index contributed by atoms with van der Waals surface area (Å²) in [5.41, 5.74) is 9.79. The molecule has 5 heteroatoms. The molecule has 0 spiro atoms. The first-order valence-electron chi connectivity index (χ1n) is 9.46. The Hall–Kier alpha value is -2.14. The molecule has 0 bridgehead atoms. The lowest BCUT2D eigenvalue weighted by Crippen LogP contribution is -2.07. The van der Waals surface area contributed by atoms with Gasteiger partial charge in [-0.25, -0.2) is 4.39 Å². The zero-order valence-corrected chi connectivity index (χ0v) is 18.0. The third-order valence-corrected chi connectivity index (χ3v) is 6.34. The van der Waals surface area contributed by atoms with Gasteiger partial charge in [0.1, 0.15) is 17.3 Å². The van der Waals surface area contributed by atoms with Crippen LogP contribution in [0.4, 0.5) is 10.1 Å². The first-order valence-corrected chi connectivity index (χ1v) is 10.3. The lowest BCUT2D eigenvalue weighted by atomic mass is 9.96. The zero-order valence-electron chi connectivity index (χ0n) is 17.2. The van der Waals surface area contributed by atoms with Crippen molar-refractivity contribution in [3.8, 4) is 5.75 Å². The molecule has 0 heterocycles. The minimum absolute atomic E-state index is 0.0352. The first-order chi connectivity index (χ1) is 13.1. The summed E-state index contributed by atoms with van der Waals surface area (Å²) in [6, 6.07) is 7.09. The van der Waals surface area contributed by atoms with Crippen LogP contribution in [0.2, 0.25) is 0 Å². The largest absolute Gasteiger partial charge is 0.495 e. The van der Waals surface area contributed by atoms with Gasteiger partial charge in [0.05, 0.1) is 18.9 Å². The summed E-state index contributed by atoms with van der Waals surface area (Å²) in [6.45, 7) is 12.0. The molecule has 0 unspecified atom stereocenters. The maximum atomic E-state index is 14.1. The summed E-state index contributed by atoms with van der Waals surface area (Å²) in [5.74, 6) is 0.843. The highest BCUT2D eigenvalue weighted by molar-refractivity contribution is 7.99. The van der Waals surface area contributed by atoms with Crippen LogP contribution in [0.15, 0.2) is 40.6 Å². The Morgan fingerprint density at radius 2 is 1.93 bits per heavy atom. The molecule has 3 nitrogen and oxygen atoms in total. The van der Waals surface area contributed by atoms with Crippen LogP contribution < -0.4 is 10.5 Å². The second-order valence-electron chi connectivity index (χ2n) is 7.94. The number of nitrogens with two attached hydrogens (primary N) is 1. The van der Waals surface area contributed by atoms with E-state index in [2.05, 4.69) is 19.6 Å². The molecular weight excluding hydrogens is 373 g/mol. The SMILES string of the molecule is C=C(OC(C)C)c1cc(F)cc(C)c1Sc1cc(OC)c(N)c(C2(C)CC2)c1. The Morgan fingerprint density at radius 3 is 2.50 bits per heavy atom. The average Bonchev–Trinajstić information content (AvgIpc) is 3.36. The fraction of sp³-hybridized carbons (Fsp3) is 0.391. The van der Waals surface area contributed by atoms with Gasteiger partial charge in [0.2, 0.25) is 0 Å². The predicted molar refractivity (Wildman–Crippen MR) is 115 cm³/mol. The van der Waals surface area contributed by atoms with E-state index in [4.69, 9.17) is 15.2 Å². The van der Waals surface area contributed by atoms with Gasteiger partial charge in [-0.15, -0.1) is 0 Å². The molecule has 1 fully saturated rings. The Labute approximate surface area is 171 Å². The van der Waals surface area contributed by atoms with Gasteiger partial charge in [-0.2, -0.15) is 0 Å². The lowest BCUT2D eigenvalue weighted by molar-refractivity contribution is 0.204. The zero-order chi connectivity index (χ0) is 20.6. The van der Waals surface area contributed by atoms with Crippen molar-refractivity contribution in [3.05, 3.63) is 53.4 Å². The molecule has 2 aromatic carbocycles. The van der Waals surface area contributed by atoms with Crippen LogP contribution in [0, 0.1) is 12.7 Å². The van der Waals surface area contributed by atoms with Crippen LogP contribution in [-0.4, -0.2) is 13.2 Å². The van der Waals surface area contributed by atoms with Gasteiger partial charge < -0.3 is 15.2 Å². The topological polar surface area (TPSA) is 44.5 Å². The highest BCUT2D eigenvalue weighted by atomic mass is 32.2. The molecule has 0 radical (unpaired) electrons. The van der Waals surface area contributed by atoms with E-state index < -0.39 is 0 Å². The van der Waals surface area contributed by atoms with Gasteiger partial charge in [-0.3, -0.25) is 0 Å². The summed E-state index contributed by atoms with van der Waals surface area (Å²) in [6.07, 6.45) is 2.20. The van der Waals surface area contributed by atoms with Gasteiger partial charge in [0.15, 0.2) is 0 Å². The molecular formula is C23H28FNO2S. The van der Waals surface area contributed by atoms with Gasteiger partial charge >= 0.3 is 0 Å². The van der Waals surface area contributed by atoms with E-state index in [0.29, 0.717) is 22.8 Å². The molecule has 1 saturated carbocycles. The Morgan fingerprint density at radius 1 is 1.25 bits per heavy atom. The van der Waals surface area contributed by atoms with Crippen molar-refractivity contribution in [2.75, 3.05) is 12.8 Å². The van der Waals surface area contributed by atoms with Crippen LogP contribution in [-0.2, 0) is 10.2 Å². The Kier molecular flexibility index (Phi) is 5.67. The van der Waals surface area contributed by atoms with Gasteiger partial charge in [-0.1, -0.05) is 25.3 Å². The van der Waals surface area contributed by atoms with Crippen molar-refractivity contribution >= 4 is 23.2 Å². The van der Waals surface area contributed by atoms with Crippen LogP contribution in [0.1, 0.15) is 50.3 Å². The fourth-order valence-electron chi connectivity index (χ4n) is 3.32. The number of methoxy groups -OCH3 is 1. The normalized spacial score (nSPS) is 14.8. The van der Waals surface area contributed by atoms with Gasteiger partial charge in [-0.05, 0) is 74.4 Å². The van der Waals surface area contributed by atoms with E-state index in [1.165, 1.54) is 12.1 Å². The third kappa shape index (κ3) is 4.14. The summed E-state index contributed by atoms with van der Waals surface area (Å²) in [4.78, 5) is 1.92. The van der Waals surface area contributed by atoms with Crippen LogP contribution in [0.3, 0.4) is 0 Å². The quantitative estimate of drug-likeness (QED) is 0.435. The highest BCUT2D eigenvalue weighted by Crippen LogP contribution is 2.53. The number of aryl methyl sites for hydroxylation is 1. The standard InChI is InChI=1S/C23H28FNO2S/c1-13(2)27-15(4)18-10-16(24)9-14(3)22(18)28-17-11-19(23(5)7-8-23)21(25)20(12-17)26-6/h9-13H,4,7-8,25H2,1-3,5-6H3. The molecule has 1 aliphatic rings. The van der Waals surface area contributed by atoms with E-state index in [1.807, 2.05) is 26.8 Å². The molecule has 0 saturated heterocycles. The minimum atomic E-state index is -0.300. The maximum absolute atomic E-state index is 14.1. The number of ether oxygens (including phenoxy) is 2. The summed E-state index contributed by atoms with van der Waals surface area (Å²) in [7, 11) is 1.63. The molecule has 150 valence electrons. The molecule has 0 atom stereocenters. The number of halogens is 1. The van der Waals surface area contributed by atoms with Gasteiger partial charge in [0, 0.05) is 15.4 Å². The van der Waals surface area contributed by atoms with Gasteiger partial charge in [0.25, 0.3) is 0 Å². The number of rotatable bonds is 7. The predicted octanol–water partition coefficient (Wildman–Crippen LogP) is 6.32. The number of anilines is 1. The smallest absolute Gasteiger partial charge is 0.143 e. The summed E-state index contributed by atoms with van der Waals surface area (Å²) < 4.78 is 25.4. The monoisotopic (exact) mass is 401 g/mol. The van der Waals surface area contributed by atoms with Crippen molar-refractivity contribution in [1.82, 2.24) is 0 Å². The van der Waals surface area contributed by atoms with E-state index in [1.54, 1.807) is 18.9 Å². The average molecular weight is 402 g/mol. The molecule has 2 N–H and O–H groups in total. The van der Waals surface area contributed by atoms with E-state index in [9.17, 15) is 4.39 Å². The molecule has 0 aliphatic heterocycles. The van der Waals surface area contributed by atoms with Crippen LogP contribution in [0.5, 0.6) is 5.75 Å². The second kappa shape index (κ2) is 7.70. The summed E-state index contributed by atoms with van der Waals surface area (Å²) >= 11 is 1.56.